The van der Waals surface area contributed by atoms with Gasteiger partial charge in [0.1, 0.15) is 5.76 Å². The number of carbonyl (C=O) groups is 1. The molecule has 82 valence electrons. The lowest BCUT2D eigenvalue weighted by Crippen LogP contribution is -2.13. The van der Waals surface area contributed by atoms with Crippen molar-refractivity contribution in [3.8, 4) is 0 Å². The summed E-state index contributed by atoms with van der Waals surface area (Å²) in [5.74, 6) is 2.85. The van der Waals surface area contributed by atoms with E-state index in [4.69, 9.17) is 4.42 Å². The third-order valence-electron chi connectivity index (χ3n) is 2.75. The molecule has 0 spiro atoms. The molecule has 15 heavy (non-hydrogen) atoms. The Balaban J connectivity index is 1.96. The van der Waals surface area contributed by atoms with Crippen molar-refractivity contribution >= 4 is 16.9 Å². The number of carbonyl (C=O) groups excluding carboxylic acids is 1. The van der Waals surface area contributed by atoms with E-state index in [-0.39, 0.29) is 5.12 Å². The van der Waals surface area contributed by atoms with Crippen molar-refractivity contribution in [2.24, 2.45) is 5.92 Å². The first-order valence-electron chi connectivity index (χ1n) is 5.15. The van der Waals surface area contributed by atoms with Gasteiger partial charge in [-0.25, -0.2) is 0 Å². The lowest BCUT2D eigenvalue weighted by molar-refractivity contribution is -0.109. The summed E-state index contributed by atoms with van der Waals surface area (Å²) >= 11 is 1.41. The van der Waals surface area contributed by atoms with Gasteiger partial charge < -0.3 is 9.73 Å². The largest absolute Gasteiger partial charge is 0.469 e. The maximum Gasteiger partial charge on any atom is 0.185 e. The smallest absolute Gasteiger partial charge is 0.185 e. The van der Waals surface area contributed by atoms with Crippen molar-refractivity contribution in [3.63, 3.8) is 0 Å². The fourth-order valence-corrected chi connectivity index (χ4v) is 2.77. The van der Waals surface area contributed by atoms with Gasteiger partial charge in [-0.2, -0.15) is 0 Å². The Hall–Kier alpha value is -0.740. The first-order chi connectivity index (χ1) is 7.27. The minimum absolute atomic E-state index is 0.195. The van der Waals surface area contributed by atoms with Crippen LogP contribution in [0.3, 0.4) is 0 Å². The average Bonchev–Trinajstić information content (AvgIpc) is 2.85. The Bertz CT molecular complexity index is 323. The molecule has 0 saturated carbocycles. The molecule has 2 heterocycles. The molecule has 1 fully saturated rings. The number of hydrogen-bond donors (Lipinski definition) is 1. The molecule has 2 rings (SSSR count). The number of furan rings is 1. The first-order valence-corrected chi connectivity index (χ1v) is 6.13. The number of thioether (sulfide) groups is 1. The normalized spacial score (nSPS) is 25.7. The molecule has 1 N–H and O–H groups in total. The van der Waals surface area contributed by atoms with Crippen molar-refractivity contribution in [1.29, 1.82) is 0 Å². The van der Waals surface area contributed by atoms with Gasteiger partial charge in [0.05, 0.1) is 6.26 Å². The molecule has 0 bridgehead atoms. The highest BCUT2D eigenvalue weighted by molar-refractivity contribution is 8.13. The zero-order chi connectivity index (χ0) is 10.7. The van der Waals surface area contributed by atoms with Crippen LogP contribution in [0, 0.1) is 5.92 Å². The topological polar surface area (TPSA) is 42.2 Å². The second-order valence-electron chi connectivity index (χ2n) is 3.84. The van der Waals surface area contributed by atoms with Gasteiger partial charge in [0.2, 0.25) is 0 Å². The van der Waals surface area contributed by atoms with Crippen LogP contribution in [0.25, 0.3) is 0 Å². The van der Waals surface area contributed by atoms with Gasteiger partial charge in [-0.15, -0.1) is 0 Å². The van der Waals surface area contributed by atoms with Crippen LogP contribution < -0.4 is 5.32 Å². The Morgan fingerprint density at radius 2 is 2.53 bits per heavy atom. The minimum Gasteiger partial charge on any atom is -0.469 e. The predicted octanol–water partition coefficient (Wildman–Crippen LogP) is 1.86. The van der Waals surface area contributed by atoms with Crippen molar-refractivity contribution in [1.82, 2.24) is 5.32 Å². The standard InChI is InChI=1S/C11H15NO2S/c1-8(13)15-7-9-5-12-6-10(9)11-3-2-4-14-11/h2-4,9-10,12H,5-7H2,1H3. The molecule has 1 aromatic heterocycles. The highest BCUT2D eigenvalue weighted by Crippen LogP contribution is 2.30. The summed E-state index contributed by atoms with van der Waals surface area (Å²) in [5.41, 5.74) is 0. The summed E-state index contributed by atoms with van der Waals surface area (Å²) in [5, 5.41) is 3.54. The van der Waals surface area contributed by atoms with Crippen molar-refractivity contribution in [2.45, 2.75) is 12.8 Å². The molecule has 3 nitrogen and oxygen atoms in total. The molecule has 1 aliphatic rings. The van der Waals surface area contributed by atoms with Crippen LogP contribution in [-0.4, -0.2) is 24.0 Å². The van der Waals surface area contributed by atoms with Gasteiger partial charge in [0.25, 0.3) is 0 Å². The van der Waals surface area contributed by atoms with Crippen molar-refractivity contribution < 1.29 is 9.21 Å². The predicted molar refractivity (Wildman–Crippen MR) is 60.9 cm³/mol. The van der Waals surface area contributed by atoms with E-state index in [1.54, 1.807) is 13.2 Å². The fourth-order valence-electron chi connectivity index (χ4n) is 1.97. The van der Waals surface area contributed by atoms with Gasteiger partial charge in [-0.3, -0.25) is 4.79 Å². The Morgan fingerprint density at radius 3 is 3.20 bits per heavy atom. The summed E-state index contributed by atoms with van der Waals surface area (Å²) in [6, 6.07) is 3.94. The lowest BCUT2D eigenvalue weighted by Gasteiger charge is -2.14. The Morgan fingerprint density at radius 1 is 1.67 bits per heavy atom. The molecule has 0 aliphatic carbocycles. The van der Waals surface area contributed by atoms with Gasteiger partial charge in [-0.05, 0) is 24.6 Å². The van der Waals surface area contributed by atoms with E-state index in [0.717, 1.165) is 24.6 Å². The summed E-state index contributed by atoms with van der Waals surface area (Å²) in [7, 11) is 0. The monoisotopic (exact) mass is 225 g/mol. The molecule has 4 heteroatoms. The maximum absolute atomic E-state index is 10.9. The van der Waals surface area contributed by atoms with Crippen LogP contribution >= 0.6 is 11.8 Å². The summed E-state index contributed by atoms with van der Waals surface area (Å²) < 4.78 is 5.42. The van der Waals surface area contributed by atoms with Crippen molar-refractivity contribution in [2.75, 3.05) is 18.8 Å². The number of rotatable bonds is 3. The second kappa shape index (κ2) is 4.86. The van der Waals surface area contributed by atoms with E-state index in [2.05, 4.69) is 5.32 Å². The Labute approximate surface area is 93.6 Å². The quantitative estimate of drug-likeness (QED) is 0.852. The first kappa shape index (κ1) is 10.8. The van der Waals surface area contributed by atoms with Crippen LogP contribution in [-0.2, 0) is 4.79 Å². The summed E-state index contributed by atoms with van der Waals surface area (Å²) in [6.07, 6.45) is 1.71. The molecule has 0 radical (unpaired) electrons. The molecule has 1 aromatic rings. The van der Waals surface area contributed by atoms with Gasteiger partial charge >= 0.3 is 0 Å². The van der Waals surface area contributed by atoms with E-state index in [1.807, 2.05) is 12.1 Å². The number of nitrogens with one attached hydrogen (secondary N) is 1. The van der Waals surface area contributed by atoms with Crippen LogP contribution in [0.1, 0.15) is 18.6 Å². The molecular weight excluding hydrogens is 210 g/mol. The molecule has 2 unspecified atom stereocenters. The third-order valence-corrected chi connectivity index (χ3v) is 3.75. The van der Waals surface area contributed by atoms with E-state index in [9.17, 15) is 4.79 Å². The minimum atomic E-state index is 0.195. The molecule has 1 saturated heterocycles. The molecule has 0 aromatic carbocycles. The van der Waals surface area contributed by atoms with Crippen LogP contribution in [0.15, 0.2) is 22.8 Å². The van der Waals surface area contributed by atoms with E-state index < -0.39 is 0 Å². The molecular formula is C11H15NO2S. The van der Waals surface area contributed by atoms with Gasteiger partial charge in [-0.1, -0.05) is 11.8 Å². The molecule has 2 atom stereocenters. The zero-order valence-electron chi connectivity index (χ0n) is 8.73. The van der Waals surface area contributed by atoms with Gasteiger partial charge in [0.15, 0.2) is 5.12 Å². The Kier molecular flexibility index (Phi) is 3.49. The maximum atomic E-state index is 10.9. The highest BCUT2D eigenvalue weighted by Gasteiger charge is 2.30. The summed E-state index contributed by atoms with van der Waals surface area (Å²) in [4.78, 5) is 10.9. The highest BCUT2D eigenvalue weighted by atomic mass is 32.2. The van der Waals surface area contributed by atoms with Crippen LogP contribution in [0.5, 0.6) is 0 Å². The van der Waals surface area contributed by atoms with E-state index in [1.165, 1.54) is 11.8 Å². The van der Waals surface area contributed by atoms with E-state index in [0.29, 0.717) is 11.8 Å². The van der Waals surface area contributed by atoms with Crippen LogP contribution in [0.2, 0.25) is 0 Å². The van der Waals surface area contributed by atoms with Crippen LogP contribution in [0.4, 0.5) is 0 Å². The number of hydrogen-bond acceptors (Lipinski definition) is 4. The SMILES string of the molecule is CC(=O)SCC1CNCC1c1ccco1. The zero-order valence-corrected chi connectivity index (χ0v) is 9.55. The fraction of sp³-hybridized carbons (Fsp3) is 0.545. The molecule has 1 aliphatic heterocycles. The lowest BCUT2D eigenvalue weighted by atomic mass is 9.95. The summed E-state index contributed by atoms with van der Waals surface area (Å²) in [6.45, 7) is 3.55. The molecule has 0 amide bonds. The average molecular weight is 225 g/mol. The van der Waals surface area contributed by atoms with Crippen molar-refractivity contribution in [3.05, 3.63) is 24.2 Å². The van der Waals surface area contributed by atoms with Gasteiger partial charge in [0, 0.05) is 25.1 Å². The second-order valence-corrected chi connectivity index (χ2v) is 5.04. The third kappa shape index (κ3) is 2.63. The van der Waals surface area contributed by atoms with E-state index >= 15 is 0 Å².